The summed E-state index contributed by atoms with van der Waals surface area (Å²) < 4.78 is 0. The van der Waals surface area contributed by atoms with Gasteiger partial charge in [-0.3, -0.25) is 10.1 Å². The number of aliphatic hydroxyl groups excluding tert-OH is 1. The molecule has 104 valence electrons. The highest BCUT2D eigenvalue weighted by Crippen LogP contribution is 2.30. The van der Waals surface area contributed by atoms with Crippen LogP contribution in [0.1, 0.15) is 37.7 Å². The first-order valence-electron chi connectivity index (χ1n) is 6.78. The minimum atomic E-state index is -0.429. The maximum Gasteiger partial charge on any atom is 0.292 e. The van der Waals surface area contributed by atoms with Crippen LogP contribution in [-0.2, 0) is 0 Å². The van der Waals surface area contributed by atoms with Gasteiger partial charge in [-0.1, -0.05) is 31.4 Å². The molecular formula is C14H20N2O3. The summed E-state index contributed by atoms with van der Waals surface area (Å²) in [6, 6.07) is 4.93. The van der Waals surface area contributed by atoms with Crippen LogP contribution in [0.4, 0.5) is 11.4 Å². The molecule has 1 saturated carbocycles. The monoisotopic (exact) mass is 264 g/mol. The number of aryl methyl sites for hydroxylation is 1. The predicted octanol–water partition coefficient (Wildman–Crippen LogP) is 3.01. The van der Waals surface area contributed by atoms with Gasteiger partial charge in [-0.15, -0.1) is 0 Å². The average molecular weight is 264 g/mol. The van der Waals surface area contributed by atoms with Gasteiger partial charge in [-0.25, -0.2) is 0 Å². The second-order valence-corrected chi connectivity index (χ2v) is 5.18. The van der Waals surface area contributed by atoms with Gasteiger partial charge in [0.15, 0.2) is 0 Å². The molecule has 1 aromatic carbocycles. The lowest BCUT2D eigenvalue weighted by Gasteiger charge is -2.23. The van der Waals surface area contributed by atoms with E-state index >= 15 is 0 Å². The molecule has 2 atom stereocenters. The number of nitrogens with one attached hydrogen (secondary N) is 1. The Morgan fingerprint density at radius 2 is 2.05 bits per heavy atom. The van der Waals surface area contributed by atoms with Crippen molar-refractivity contribution in [3.8, 4) is 0 Å². The highest BCUT2D eigenvalue weighted by molar-refractivity contribution is 5.66. The summed E-state index contributed by atoms with van der Waals surface area (Å²) in [5.74, 6) is 0. The van der Waals surface area contributed by atoms with Crippen molar-refractivity contribution in [1.82, 2.24) is 0 Å². The lowest BCUT2D eigenvalue weighted by atomic mass is 10.0. The van der Waals surface area contributed by atoms with Crippen molar-refractivity contribution in [1.29, 1.82) is 0 Å². The summed E-state index contributed by atoms with van der Waals surface area (Å²) >= 11 is 0. The molecule has 2 N–H and O–H groups in total. The van der Waals surface area contributed by atoms with Crippen molar-refractivity contribution < 1.29 is 10.0 Å². The van der Waals surface area contributed by atoms with Gasteiger partial charge in [-0.2, -0.15) is 0 Å². The lowest BCUT2D eigenvalue weighted by Crippen LogP contribution is -2.33. The number of nitro benzene ring substituents is 1. The van der Waals surface area contributed by atoms with E-state index in [1.165, 1.54) is 6.07 Å². The molecule has 0 amide bonds. The second kappa shape index (κ2) is 6.02. The van der Waals surface area contributed by atoms with Gasteiger partial charge in [0, 0.05) is 6.07 Å². The number of nitro groups is 1. The van der Waals surface area contributed by atoms with E-state index in [0.29, 0.717) is 5.69 Å². The van der Waals surface area contributed by atoms with E-state index < -0.39 is 6.10 Å². The van der Waals surface area contributed by atoms with Crippen molar-refractivity contribution in [2.75, 3.05) is 5.32 Å². The van der Waals surface area contributed by atoms with Crippen molar-refractivity contribution in [3.63, 3.8) is 0 Å². The smallest absolute Gasteiger partial charge is 0.292 e. The van der Waals surface area contributed by atoms with Crippen LogP contribution in [0, 0.1) is 17.0 Å². The maximum absolute atomic E-state index is 11.1. The van der Waals surface area contributed by atoms with Crippen LogP contribution in [0.2, 0.25) is 0 Å². The number of aliphatic hydroxyl groups is 1. The predicted molar refractivity (Wildman–Crippen MR) is 74.3 cm³/mol. The molecule has 1 aromatic rings. The zero-order valence-corrected chi connectivity index (χ0v) is 11.1. The molecule has 0 aliphatic heterocycles. The van der Waals surface area contributed by atoms with Gasteiger partial charge in [-0.05, 0) is 25.3 Å². The molecule has 19 heavy (non-hydrogen) atoms. The standard InChI is InChI=1S/C14H20N2O3/c1-10-6-5-8-12(16(18)19)14(10)15-11-7-3-2-4-9-13(11)17/h5-6,8,11,13,15,17H,2-4,7,9H2,1H3. The minimum absolute atomic E-state index is 0.0800. The number of para-hydroxylation sites is 1. The van der Waals surface area contributed by atoms with Crippen LogP contribution >= 0.6 is 0 Å². The number of benzene rings is 1. The average Bonchev–Trinajstić information content (AvgIpc) is 2.57. The Balaban J connectivity index is 2.24. The highest BCUT2D eigenvalue weighted by Gasteiger charge is 2.25. The SMILES string of the molecule is Cc1cccc([N+](=O)[O-])c1NC1CCCCCC1O. The van der Waals surface area contributed by atoms with Crippen molar-refractivity contribution in [2.45, 2.75) is 51.2 Å². The van der Waals surface area contributed by atoms with Crippen LogP contribution in [0.15, 0.2) is 18.2 Å². The Morgan fingerprint density at radius 3 is 2.79 bits per heavy atom. The molecule has 0 heterocycles. The van der Waals surface area contributed by atoms with Crippen LogP contribution in [0.3, 0.4) is 0 Å². The van der Waals surface area contributed by atoms with E-state index in [-0.39, 0.29) is 16.7 Å². The van der Waals surface area contributed by atoms with Gasteiger partial charge in [0.25, 0.3) is 5.69 Å². The zero-order valence-electron chi connectivity index (χ0n) is 11.1. The van der Waals surface area contributed by atoms with Crippen molar-refractivity contribution in [2.24, 2.45) is 0 Å². The minimum Gasteiger partial charge on any atom is -0.391 e. The molecule has 5 heteroatoms. The Morgan fingerprint density at radius 1 is 1.32 bits per heavy atom. The molecule has 0 saturated heterocycles. The molecule has 0 aromatic heterocycles. The Bertz CT molecular complexity index is 462. The summed E-state index contributed by atoms with van der Waals surface area (Å²) in [6.07, 6.45) is 4.38. The summed E-state index contributed by atoms with van der Waals surface area (Å²) in [5, 5.41) is 24.4. The van der Waals surface area contributed by atoms with Gasteiger partial charge >= 0.3 is 0 Å². The number of rotatable bonds is 3. The summed E-state index contributed by atoms with van der Waals surface area (Å²) in [6.45, 7) is 1.85. The van der Waals surface area contributed by atoms with Crippen molar-refractivity contribution >= 4 is 11.4 Å². The first kappa shape index (κ1) is 13.8. The fourth-order valence-corrected chi connectivity index (χ4v) is 2.63. The molecule has 1 aliphatic carbocycles. The topological polar surface area (TPSA) is 75.4 Å². The van der Waals surface area contributed by atoms with Gasteiger partial charge in [0.2, 0.25) is 0 Å². The zero-order chi connectivity index (χ0) is 13.8. The largest absolute Gasteiger partial charge is 0.391 e. The second-order valence-electron chi connectivity index (χ2n) is 5.18. The lowest BCUT2D eigenvalue weighted by molar-refractivity contribution is -0.384. The molecule has 0 spiro atoms. The Labute approximate surface area is 112 Å². The number of hydrogen-bond acceptors (Lipinski definition) is 4. The molecule has 0 radical (unpaired) electrons. The molecule has 2 unspecified atom stereocenters. The third kappa shape index (κ3) is 3.23. The molecule has 1 fully saturated rings. The first-order chi connectivity index (χ1) is 9.09. The van der Waals surface area contributed by atoms with E-state index in [9.17, 15) is 15.2 Å². The van der Waals surface area contributed by atoms with E-state index in [4.69, 9.17) is 0 Å². The fraction of sp³-hybridized carbons (Fsp3) is 0.571. The van der Waals surface area contributed by atoms with E-state index in [2.05, 4.69) is 5.32 Å². The van der Waals surface area contributed by atoms with Crippen LogP contribution in [-0.4, -0.2) is 22.2 Å². The third-order valence-electron chi connectivity index (χ3n) is 3.76. The normalized spacial score (nSPS) is 23.7. The van der Waals surface area contributed by atoms with Gasteiger partial charge in [0.05, 0.1) is 17.1 Å². The quantitative estimate of drug-likeness (QED) is 0.500. The number of anilines is 1. The number of nitrogens with zero attached hydrogens (tertiary/aromatic N) is 1. The van der Waals surface area contributed by atoms with Crippen molar-refractivity contribution in [3.05, 3.63) is 33.9 Å². The molecule has 1 aliphatic rings. The Hall–Kier alpha value is -1.62. The Kier molecular flexibility index (Phi) is 4.37. The summed E-state index contributed by atoms with van der Waals surface area (Å²) in [5.41, 5.74) is 1.46. The molecular weight excluding hydrogens is 244 g/mol. The van der Waals surface area contributed by atoms with E-state index in [1.54, 1.807) is 6.07 Å². The summed E-state index contributed by atoms with van der Waals surface area (Å²) in [4.78, 5) is 10.7. The molecule has 2 rings (SSSR count). The van der Waals surface area contributed by atoms with Gasteiger partial charge in [0.1, 0.15) is 5.69 Å². The molecule has 0 bridgehead atoms. The molecule has 5 nitrogen and oxygen atoms in total. The highest BCUT2D eigenvalue weighted by atomic mass is 16.6. The third-order valence-corrected chi connectivity index (χ3v) is 3.76. The number of hydrogen-bond donors (Lipinski definition) is 2. The van der Waals surface area contributed by atoms with E-state index in [0.717, 1.165) is 37.7 Å². The van der Waals surface area contributed by atoms with Gasteiger partial charge < -0.3 is 10.4 Å². The summed E-state index contributed by atoms with van der Waals surface area (Å²) in [7, 11) is 0. The fourth-order valence-electron chi connectivity index (χ4n) is 2.63. The van der Waals surface area contributed by atoms with Crippen LogP contribution < -0.4 is 5.32 Å². The maximum atomic E-state index is 11.1. The van der Waals surface area contributed by atoms with Crippen LogP contribution in [0.5, 0.6) is 0 Å². The van der Waals surface area contributed by atoms with E-state index in [1.807, 2.05) is 13.0 Å². The van der Waals surface area contributed by atoms with Crippen LogP contribution in [0.25, 0.3) is 0 Å². The first-order valence-corrected chi connectivity index (χ1v) is 6.78.